The summed E-state index contributed by atoms with van der Waals surface area (Å²) in [6.45, 7) is 2.22. The highest BCUT2D eigenvalue weighted by atomic mass is 32.1. The molecule has 16 heavy (non-hydrogen) atoms. The average Bonchev–Trinajstić information content (AvgIpc) is 2.81. The number of pyridine rings is 1. The van der Waals surface area contributed by atoms with Crippen molar-refractivity contribution in [1.29, 1.82) is 0 Å². The summed E-state index contributed by atoms with van der Waals surface area (Å²) in [7, 11) is 0. The third-order valence-electron chi connectivity index (χ3n) is 2.58. The average molecular weight is 234 g/mol. The smallest absolute Gasteiger partial charge is 0.123 e. The second-order valence-electron chi connectivity index (χ2n) is 3.60. The summed E-state index contributed by atoms with van der Waals surface area (Å²) in [5.74, 6) is 0.159. The molecule has 0 aliphatic heterocycles. The fraction of sp³-hybridized carbons (Fsp3) is 0.333. The third kappa shape index (κ3) is 2.28. The summed E-state index contributed by atoms with van der Waals surface area (Å²) in [6.07, 6.45) is 4.44. The molecule has 2 aromatic heterocycles. The first kappa shape index (κ1) is 11.2. The van der Waals surface area contributed by atoms with Gasteiger partial charge in [-0.25, -0.2) is 4.98 Å². The second-order valence-corrected chi connectivity index (χ2v) is 4.46. The number of hydrogen-bond acceptors (Lipinski definition) is 4. The van der Waals surface area contributed by atoms with Crippen LogP contribution in [0.5, 0.6) is 0 Å². The summed E-state index contributed by atoms with van der Waals surface area (Å²) < 4.78 is 0. The van der Waals surface area contributed by atoms with Crippen LogP contribution in [0, 0.1) is 0 Å². The summed E-state index contributed by atoms with van der Waals surface area (Å²) in [5.41, 5.74) is 2.07. The molecule has 0 aliphatic rings. The number of rotatable bonds is 4. The van der Waals surface area contributed by atoms with E-state index in [9.17, 15) is 5.11 Å². The van der Waals surface area contributed by atoms with Crippen LogP contribution < -0.4 is 0 Å². The van der Waals surface area contributed by atoms with E-state index in [0.717, 1.165) is 22.7 Å². The van der Waals surface area contributed by atoms with Crippen molar-refractivity contribution in [3.63, 3.8) is 0 Å². The number of nitrogens with zero attached hydrogens (tertiary/aromatic N) is 2. The number of hydrogen-bond donors (Lipinski definition) is 1. The third-order valence-corrected chi connectivity index (χ3v) is 3.49. The Labute approximate surface area is 98.8 Å². The van der Waals surface area contributed by atoms with Gasteiger partial charge in [0.2, 0.25) is 0 Å². The zero-order chi connectivity index (χ0) is 11.4. The van der Waals surface area contributed by atoms with Gasteiger partial charge in [0.1, 0.15) is 5.01 Å². The molecule has 0 amide bonds. The van der Waals surface area contributed by atoms with E-state index >= 15 is 0 Å². The van der Waals surface area contributed by atoms with Gasteiger partial charge in [-0.2, -0.15) is 0 Å². The first-order valence-electron chi connectivity index (χ1n) is 5.31. The molecule has 1 atom stereocenters. The lowest BCUT2D eigenvalue weighted by Gasteiger charge is -2.06. The van der Waals surface area contributed by atoms with E-state index < -0.39 is 0 Å². The maximum Gasteiger partial charge on any atom is 0.123 e. The lowest BCUT2D eigenvalue weighted by atomic mass is 10.1. The molecule has 1 N–H and O–H groups in total. The van der Waals surface area contributed by atoms with E-state index in [0.29, 0.717) is 0 Å². The number of aliphatic hydroxyl groups is 1. The predicted octanol–water partition coefficient (Wildman–Crippen LogP) is 2.69. The van der Waals surface area contributed by atoms with Gasteiger partial charge in [0.15, 0.2) is 0 Å². The summed E-state index contributed by atoms with van der Waals surface area (Å²) in [4.78, 5) is 8.54. The topological polar surface area (TPSA) is 46.0 Å². The molecule has 2 aromatic rings. The molecule has 0 bridgehead atoms. The molecule has 84 valence electrons. The summed E-state index contributed by atoms with van der Waals surface area (Å²) in [6, 6.07) is 3.89. The van der Waals surface area contributed by atoms with E-state index in [-0.39, 0.29) is 12.5 Å². The van der Waals surface area contributed by atoms with Gasteiger partial charge in [0.05, 0.1) is 12.3 Å². The molecule has 2 heterocycles. The number of thiazole rings is 1. The molecular formula is C12H14N2OS. The Bertz CT molecular complexity index is 437. The monoisotopic (exact) mass is 234 g/mol. The molecule has 4 heteroatoms. The number of aliphatic hydroxyl groups excluding tert-OH is 1. The van der Waals surface area contributed by atoms with Crippen LogP contribution in [-0.2, 0) is 0 Å². The quantitative estimate of drug-likeness (QED) is 0.884. The molecule has 3 nitrogen and oxygen atoms in total. The molecule has 0 radical (unpaired) electrons. The lowest BCUT2D eigenvalue weighted by Crippen LogP contribution is -2.02. The van der Waals surface area contributed by atoms with Crippen LogP contribution in [0.1, 0.15) is 25.0 Å². The van der Waals surface area contributed by atoms with Crippen molar-refractivity contribution < 1.29 is 5.11 Å². The minimum Gasteiger partial charge on any atom is -0.396 e. The van der Waals surface area contributed by atoms with Gasteiger partial charge >= 0.3 is 0 Å². The molecule has 0 saturated carbocycles. The van der Waals surface area contributed by atoms with Gasteiger partial charge < -0.3 is 5.11 Å². The highest BCUT2D eigenvalue weighted by molar-refractivity contribution is 7.13. The highest BCUT2D eigenvalue weighted by Gasteiger charge is 2.12. The zero-order valence-electron chi connectivity index (χ0n) is 9.13. The summed E-state index contributed by atoms with van der Waals surface area (Å²) in [5, 5.41) is 12.2. The van der Waals surface area contributed by atoms with Crippen LogP contribution in [0.15, 0.2) is 29.9 Å². The van der Waals surface area contributed by atoms with Crippen molar-refractivity contribution in [3.05, 3.63) is 35.6 Å². The van der Waals surface area contributed by atoms with Crippen molar-refractivity contribution in [2.75, 3.05) is 6.61 Å². The van der Waals surface area contributed by atoms with Crippen molar-refractivity contribution in [3.8, 4) is 10.6 Å². The molecule has 0 fully saturated rings. The first-order valence-corrected chi connectivity index (χ1v) is 6.19. The van der Waals surface area contributed by atoms with Gasteiger partial charge in [-0.05, 0) is 18.6 Å². The Hall–Kier alpha value is -1.26. The normalized spacial score (nSPS) is 12.6. The maximum absolute atomic E-state index is 9.21. The van der Waals surface area contributed by atoms with Gasteiger partial charge in [-0.3, -0.25) is 4.98 Å². The molecule has 0 aliphatic carbocycles. The van der Waals surface area contributed by atoms with Crippen molar-refractivity contribution in [1.82, 2.24) is 9.97 Å². The van der Waals surface area contributed by atoms with Crippen LogP contribution in [0.2, 0.25) is 0 Å². The Kier molecular flexibility index (Phi) is 3.64. The molecule has 0 saturated heterocycles. The molecule has 1 unspecified atom stereocenters. The molecule has 2 rings (SSSR count). The van der Waals surface area contributed by atoms with Gasteiger partial charge in [0, 0.05) is 29.3 Å². The van der Waals surface area contributed by atoms with Crippen LogP contribution >= 0.6 is 11.3 Å². The fourth-order valence-corrected chi connectivity index (χ4v) is 2.44. The van der Waals surface area contributed by atoms with Crippen molar-refractivity contribution in [2.24, 2.45) is 0 Å². The Morgan fingerprint density at radius 2 is 2.12 bits per heavy atom. The first-order chi connectivity index (χ1) is 7.85. The molecule has 0 aromatic carbocycles. The SMILES string of the molecule is CCC(CO)c1csc(-c2ccncc2)n1. The van der Waals surface area contributed by atoms with E-state index in [1.165, 1.54) is 0 Å². The standard InChI is InChI=1S/C12H14N2OS/c1-2-9(7-15)11-8-16-12(14-11)10-3-5-13-6-4-10/h3-6,8-9,15H,2,7H2,1H3. The van der Waals surface area contributed by atoms with Gasteiger partial charge in [0.25, 0.3) is 0 Å². The minimum absolute atomic E-state index is 0.159. The van der Waals surface area contributed by atoms with Crippen LogP contribution in [0.3, 0.4) is 0 Å². The van der Waals surface area contributed by atoms with E-state index in [4.69, 9.17) is 0 Å². The minimum atomic E-state index is 0.159. The van der Waals surface area contributed by atoms with E-state index in [2.05, 4.69) is 16.9 Å². The zero-order valence-corrected chi connectivity index (χ0v) is 9.94. The van der Waals surface area contributed by atoms with Gasteiger partial charge in [-0.1, -0.05) is 6.92 Å². The van der Waals surface area contributed by atoms with Crippen LogP contribution in [0.25, 0.3) is 10.6 Å². The maximum atomic E-state index is 9.21. The Morgan fingerprint density at radius 3 is 2.75 bits per heavy atom. The molecular weight excluding hydrogens is 220 g/mol. The van der Waals surface area contributed by atoms with Crippen LogP contribution in [0.4, 0.5) is 0 Å². The number of aromatic nitrogens is 2. The fourth-order valence-electron chi connectivity index (χ4n) is 1.53. The highest BCUT2D eigenvalue weighted by Crippen LogP contribution is 2.27. The van der Waals surface area contributed by atoms with Crippen LogP contribution in [-0.4, -0.2) is 21.7 Å². The lowest BCUT2D eigenvalue weighted by molar-refractivity contribution is 0.260. The largest absolute Gasteiger partial charge is 0.396 e. The van der Waals surface area contributed by atoms with E-state index in [1.54, 1.807) is 23.7 Å². The van der Waals surface area contributed by atoms with Gasteiger partial charge in [-0.15, -0.1) is 11.3 Å². The summed E-state index contributed by atoms with van der Waals surface area (Å²) >= 11 is 1.61. The Balaban J connectivity index is 2.26. The Morgan fingerprint density at radius 1 is 1.38 bits per heavy atom. The van der Waals surface area contributed by atoms with E-state index in [1.807, 2.05) is 17.5 Å². The molecule has 0 spiro atoms. The second kappa shape index (κ2) is 5.18. The van der Waals surface area contributed by atoms with Crippen molar-refractivity contribution in [2.45, 2.75) is 19.3 Å². The van der Waals surface area contributed by atoms with Crippen molar-refractivity contribution >= 4 is 11.3 Å². The predicted molar refractivity (Wildman–Crippen MR) is 65.5 cm³/mol.